The number of aliphatic hydroxyl groups excluding tert-OH is 1. The number of hydrogen-bond acceptors (Lipinski definition) is 4. The molecule has 0 spiro atoms. The maximum absolute atomic E-state index is 11.6. The van der Waals surface area contributed by atoms with Crippen molar-refractivity contribution in [2.24, 2.45) is 0 Å². The SMILES string of the molecule is O=C1C2=C(C=CC1O)Oc1ccccc1O2. The molecule has 16 heavy (non-hydrogen) atoms. The zero-order valence-corrected chi connectivity index (χ0v) is 8.21. The fourth-order valence-corrected chi connectivity index (χ4v) is 1.63. The Bertz CT molecular complexity index is 528. The van der Waals surface area contributed by atoms with E-state index in [2.05, 4.69) is 0 Å². The molecule has 1 unspecified atom stereocenters. The first-order valence-electron chi connectivity index (χ1n) is 4.85. The first kappa shape index (κ1) is 9.18. The molecule has 0 saturated carbocycles. The van der Waals surface area contributed by atoms with Crippen LogP contribution in [0.4, 0.5) is 0 Å². The van der Waals surface area contributed by atoms with Gasteiger partial charge in [0.15, 0.2) is 17.3 Å². The van der Waals surface area contributed by atoms with Gasteiger partial charge in [-0.2, -0.15) is 0 Å². The third-order valence-electron chi connectivity index (χ3n) is 2.43. The Hall–Kier alpha value is -2.07. The zero-order chi connectivity index (χ0) is 11.1. The average Bonchev–Trinajstić information content (AvgIpc) is 2.32. The molecular weight excluding hydrogens is 208 g/mol. The minimum Gasteiger partial charge on any atom is -0.449 e. The second kappa shape index (κ2) is 3.21. The topological polar surface area (TPSA) is 55.8 Å². The maximum Gasteiger partial charge on any atom is 0.234 e. The lowest BCUT2D eigenvalue weighted by Crippen LogP contribution is -2.29. The zero-order valence-electron chi connectivity index (χ0n) is 8.21. The van der Waals surface area contributed by atoms with Crippen molar-refractivity contribution >= 4 is 5.78 Å². The molecule has 0 bridgehead atoms. The van der Waals surface area contributed by atoms with Crippen molar-refractivity contribution in [3.05, 3.63) is 47.9 Å². The van der Waals surface area contributed by atoms with Crippen molar-refractivity contribution in [3.8, 4) is 11.5 Å². The first-order chi connectivity index (χ1) is 7.75. The van der Waals surface area contributed by atoms with Gasteiger partial charge in [0.25, 0.3) is 0 Å². The predicted octanol–water partition coefficient (Wildman–Crippen LogP) is 1.17. The fourth-order valence-electron chi connectivity index (χ4n) is 1.63. The van der Waals surface area contributed by atoms with E-state index in [-0.39, 0.29) is 5.76 Å². The molecule has 0 radical (unpaired) electrons. The van der Waals surface area contributed by atoms with Crippen LogP contribution in [0.1, 0.15) is 0 Å². The van der Waals surface area contributed by atoms with Crippen molar-refractivity contribution in [1.29, 1.82) is 0 Å². The summed E-state index contributed by atoms with van der Waals surface area (Å²) >= 11 is 0. The van der Waals surface area contributed by atoms with Crippen LogP contribution in [0.25, 0.3) is 0 Å². The number of aliphatic hydroxyl groups is 1. The summed E-state index contributed by atoms with van der Waals surface area (Å²) in [4.78, 5) is 11.6. The highest BCUT2D eigenvalue weighted by molar-refractivity contribution is 6.00. The molecule has 0 amide bonds. The van der Waals surface area contributed by atoms with E-state index in [9.17, 15) is 9.90 Å². The van der Waals surface area contributed by atoms with Crippen LogP contribution < -0.4 is 9.47 Å². The van der Waals surface area contributed by atoms with Crippen LogP contribution in [0.2, 0.25) is 0 Å². The molecular formula is C12H8O4. The Balaban J connectivity index is 2.06. The van der Waals surface area contributed by atoms with Crippen LogP contribution >= 0.6 is 0 Å². The predicted molar refractivity (Wildman–Crippen MR) is 54.9 cm³/mol. The average molecular weight is 216 g/mol. The van der Waals surface area contributed by atoms with Gasteiger partial charge in [0, 0.05) is 0 Å². The van der Waals surface area contributed by atoms with Crippen LogP contribution in [0, 0.1) is 0 Å². The summed E-state index contributed by atoms with van der Waals surface area (Å²) in [6.45, 7) is 0. The summed E-state index contributed by atoms with van der Waals surface area (Å²) in [5.41, 5.74) is 0. The van der Waals surface area contributed by atoms with E-state index in [1.807, 2.05) is 6.07 Å². The number of carbonyl (C=O) groups excluding carboxylic acids is 1. The van der Waals surface area contributed by atoms with Crippen molar-refractivity contribution < 1.29 is 19.4 Å². The molecule has 4 nitrogen and oxygen atoms in total. The van der Waals surface area contributed by atoms with Gasteiger partial charge in [0.2, 0.25) is 11.5 Å². The number of rotatable bonds is 0. The summed E-state index contributed by atoms with van der Waals surface area (Å²) in [5, 5.41) is 9.36. The van der Waals surface area contributed by atoms with Gasteiger partial charge < -0.3 is 14.6 Å². The molecule has 1 aliphatic heterocycles. The number of ketones is 1. The number of hydrogen-bond donors (Lipinski definition) is 1. The van der Waals surface area contributed by atoms with E-state index < -0.39 is 11.9 Å². The normalized spacial score (nSPS) is 22.1. The number of fused-ring (bicyclic) bond motifs is 1. The van der Waals surface area contributed by atoms with Gasteiger partial charge in [-0.15, -0.1) is 0 Å². The molecule has 0 aromatic heterocycles. The minimum atomic E-state index is -1.15. The summed E-state index contributed by atoms with van der Waals surface area (Å²) in [6.07, 6.45) is 1.77. The molecule has 2 aliphatic rings. The smallest absolute Gasteiger partial charge is 0.234 e. The Kier molecular flexibility index (Phi) is 1.84. The lowest BCUT2D eigenvalue weighted by molar-refractivity contribution is -0.124. The van der Waals surface area contributed by atoms with Crippen molar-refractivity contribution in [3.63, 3.8) is 0 Å². The van der Waals surface area contributed by atoms with E-state index in [1.54, 1.807) is 18.2 Å². The molecule has 4 heteroatoms. The number of allylic oxidation sites excluding steroid dienone is 1. The standard InChI is InChI=1S/C12H8O4/c13-7-5-6-10-12(11(7)14)16-9-4-2-1-3-8(9)15-10/h1-7,13H. The van der Waals surface area contributed by atoms with Gasteiger partial charge in [-0.3, -0.25) is 4.79 Å². The highest BCUT2D eigenvalue weighted by Crippen LogP contribution is 2.36. The fraction of sp³-hybridized carbons (Fsp3) is 0.0833. The van der Waals surface area contributed by atoms with E-state index in [1.165, 1.54) is 12.2 Å². The highest BCUT2D eigenvalue weighted by Gasteiger charge is 2.31. The van der Waals surface area contributed by atoms with Crippen molar-refractivity contribution in [1.82, 2.24) is 0 Å². The van der Waals surface area contributed by atoms with Crippen LogP contribution in [0.3, 0.4) is 0 Å². The van der Waals surface area contributed by atoms with Crippen LogP contribution in [-0.2, 0) is 4.79 Å². The summed E-state index contributed by atoms with van der Waals surface area (Å²) in [7, 11) is 0. The molecule has 1 aromatic rings. The Morgan fingerprint density at radius 3 is 2.56 bits per heavy atom. The van der Waals surface area contributed by atoms with Crippen LogP contribution in [-0.4, -0.2) is 17.0 Å². The molecule has 80 valence electrons. The number of ether oxygens (including phenoxy) is 2. The molecule has 1 heterocycles. The third-order valence-corrected chi connectivity index (χ3v) is 2.43. The lowest BCUT2D eigenvalue weighted by Gasteiger charge is -2.24. The van der Waals surface area contributed by atoms with Crippen LogP contribution in [0.15, 0.2) is 47.9 Å². The Morgan fingerprint density at radius 2 is 1.81 bits per heavy atom. The minimum absolute atomic E-state index is 0.0636. The first-order valence-corrected chi connectivity index (χ1v) is 4.85. The third kappa shape index (κ3) is 1.24. The summed E-state index contributed by atoms with van der Waals surface area (Å²) in [6, 6.07) is 7.06. The molecule has 1 aliphatic carbocycles. The van der Waals surface area contributed by atoms with Gasteiger partial charge in [0.05, 0.1) is 0 Å². The largest absolute Gasteiger partial charge is 0.449 e. The molecule has 3 rings (SSSR count). The molecule has 1 N–H and O–H groups in total. The maximum atomic E-state index is 11.6. The van der Waals surface area contributed by atoms with Crippen molar-refractivity contribution in [2.75, 3.05) is 0 Å². The van der Waals surface area contributed by atoms with E-state index >= 15 is 0 Å². The summed E-state index contributed by atoms with van der Waals surface area (Å²) in [5.74, 6) is 0.974. The van der Waals surface area contributed by atoms with Gasteiger partial charge in [-0.25, -0.2) is 0 Å². The number of Topliss-reactive ketones (excluding diaryl/α,β-unsaturated/α-hetero) is 1. The molecule has 0 saturated heterocycles. The van der Waals surface area contributed by atoms with Gasteiger partial charge in [0.1, 0.15) is 6.10 Å². The summed E-state index contributed by atoms with van der Waals surface area (Å²) < 4.78 is 10.9. The quantitative estimate of drug-likeness (QED) is 0.707. The Morgan fingerprint density at radius 1 is 1.12 bits per heavy atom. The number of carbonyl (C=O) groups is 1. The monoisotopic (exact) mass is 216 g/mol. The number of benzene rings is 1. The second-order valence-corrected chi connectivity index (χ2v) is 3.51. The van der Waals surface area contributed by atoms with Gasteiger partial charge in [-0.1, -0.05) is 12.1 Å². The van der Waals surface area contributed by atoms with E-state index in [4.69, 9.17) is 9.47 Å². The lowest BCUT2D eigenvalue weighted by atomic mass is 10.1. The molecule has 0 fully saturated rings. The van der Waals surface area contributed by atoms with Crippen molar-refractivity contribution in [2.45, 2.75) is 6.10 Å². The van der Waals surface area contributed by atoms with Crippen LogP contribution in [0.5, 0.6) is 11.5 Å². The molecule has 1 atom stereocenters. The number of para-hydroxylation sites is 2. The van der Waals surface area contributed by atoms with E-state index in [0.29, 0.717) is 17.3 Å². The highest BCUT2D eigenvalue weighted by atomic mass is 16.6. The second-order valence-electron chi connectivity index (χ2n) is 3.51. The Labute approximate surface area is 91.4 Å². The van der Waals surface area contributed by atoms with Gasteiger partial charge in [-0.05, 0) is 24.3 Å². The molecule has 1 aromatic carbocycles. The van der Waals surface area contributed by atoms with E-state index in [0.717, 1.165) is 0 Å². The van der Waals surface area contributed by atoms with Gasteiger partial charge >= 0.3 is 0 Å².